The Morgan fingerprint density at radius 1 is 1.24 bits per heavy atom. The molecule has 1 aromatic rings. The highest BCUT2D eigenvalue weighted by atomic mass is 16.5. The van der Waals surface area contributed by atoms with Crippen molar-refractivity contribution in [3.63, 3.8) is 0 Å². The Hall–Kier alpha value is -1.51. The smallest absolute Gasteiger partial charge is 0.161 e. The van der Waals surface area contributed by atoms with Crippen LogP contribution in [0.2, 0.25) is 0 Å². The predicted octanol–water partition coefficient (Wildman–Crippen LogP) is 2.79. The number of carbonyl (C=O) groups is 1. The van der Waals surface area contributed by atoms with E-state index in [1.165, 1.54) is 5.56 Å². The molecule has 1 aliphatic carbocycles. The summed E-state index contributed by atoms with van der Waals surface area (Å²) in [4.78, 5) is 10.7. The minimum Gasteiger partial charge on any atom is -0.490 e. The summed E-state index contributed by atoms with van der Waals surface area (Å²) in [6, 6.07) is 5.97. The average molecular weight is 234 g/mol. The van der Waals surface area contributed by atoms with Crippen molar-refractivity contribution in [2.75, 3.05) is 13.2 Å². The molecule has 2 unspecified atom stereocenters. The monoisotopic (exact) mass is 234 g/mol. The number of ether oxygens (including phenoxy) is 2. The Morgan fingerprint density at radius 2 is 1.94 bits per heavy atom. The Balaban J connectivity index is 2.19. The zero-order valence-corrected chi connectivity index (χ0v) is 10.3. The SMILES string of the molecule is CCOc1ccc(C2CC2C=O)cc1OCC. The van der Waals surface area contributed by atoms with Gasteiger partial charge in [0, 0.05) is 5.92 Å². The molecule has 1 fully saturated rings. The minimum absolute atomic E-state index is 0.197. The van der Waals surface area contributed by atoms with Crippen molar-refractivity contribution in [1.29, 1.82) is 0 Å². The molecule has 1 aliphatic rings. The van der Waals surface area contributed by atoms with Gasteiger partial charge in [-0.15, -0.1) is 0 Å². The van der Waals surface area contributed by atoms with Crippen LogP contribution in [-0.4, -0.2) is 19.5 Å². The highest BCUT2D eigenvalue weighted by Gasteiger charge is 2.38. The maximum absolute atomic E-state index is 10.7. The van der Waals surface area contributed by atoms with E-state index in [0.717, 1.165) is 24.2 Å². The summed E-state index contributed by atoms with van der Waals surface area (Å²) in [6.45, 7) is 5.14. The molecule has 0 radical (unpaired) electrons. The minimum atomic E-state index is 0.197. The Morgan fingerprint density at radius 3 is 2.53 bits per heavy atom. The van der Waals surface area contributed by atoms with E-state index in [1.807, 2.05) is 32.0 Å². The molecule has 0 heterocycles. The van der Waals surface area contributed by atoms with Crippen LogP contribution in [0.15, 0.2) is 18.2 Å². The Bertz CT molecular complexity index is 400. The van der Waals surface area contributed by atoms with Gasteiger partial charge in [-0.1, -0.05) is 6.07 Å². The number of hydrogen-bond donors (Lipinski definition) is 0. The van der Waals surface area contributed by atoms with Crippen molar-refractivity contribution in [3.8, 4) is 11.5 Å². The second-order valence-electron chi connectivity index (χ2n) is 4.21. The lowest BCUT2D eigenvalue weighted by Gasteiger charge is -2.12. The molecule has 0 amide bonds. The van der Waals surface area contributed by atoms with E-state index in [4.69, 9.17) is 9.47 Å². The number of aldehydes is 1. The van der Waals surface area contributed by atoms with Crippen LogP contribution in [0.1, 0.15) is 31.7 Å². The van der Waals surface area contributed by atoms with Gasteiger partial charge in [0.15, 0.2) is 11.5 Å². The van der Waals surface area contributed by atoms with E-state index in [0.29, 0.717) is 19.1 Å². The van der Waals surface area contributed by atoms with Crippen molar-refractivity contribution in [2.45, 2.75) is 26.2 Å². The molecular formula is C14H18O3. The molecule has 2 rings (SSSR count). The topological polar surface area (TPSA) is 35.5 Å². The number of benzene rings is 1. The lowest BCUT2D eigenvalue weighted by molar-refractivity contribution is -0.108. The summed E-state index contributed by atoms with van der Waals surface area (Å²) in [5.41, 5.74) is 1.18. The van der Waals surface area contributed by atoms with Gasteiger partial charge >= 0.3 is 0 Å². The van der Waals surface area contributed by atoms with E-state index in [9.17, 15) is 4.79 Å². The second-order valence-corrected chi connectivity index (χ2v) is 4.21. The molecule has 2 atom stereocenters. The summed E-state index contributed by atoms with van der Waals surface area (Å²) < 4.78 is 11.1. The van der Waals surface area contributed by atoms with Gasteiger partial charge in [0.25, 0.3) is 0 Å². The third kappa shape index (κ3) is 2.60. The Labute approximate surface area is 102 Å². The van der Waals surface area contributed by atoms with E-state index < -0.39 is 0 Å². The first kappa shape index (κ1) is 12.0. The molecule has 1 saturated carbocycles. The summed E-state index contributed by atoms with van der Waals surface area (Å²) in [5, 5.41) is 0. The fraction of sp³-hybridized carbons (Fsp3) is 0.500. The second kappa shape index (κ2) is 5.21. The van der Waals surface area contributed by atoms with Gasteiger partial charge in [-0.2, -0.15) is 0 Å². The highest BCUT2D eigenvalue weighted by molar-refractivity contribution is 5.62. The van der Waals surface area contributed by atoms with Gasteiger partial charge < -0.3 is 14.3 Å². The molecule has 0 N–H and O–H groups in total. The number of carbonyl (C=O) groups excluding carboxylic acids is 1. The third-order valence-electron chi connectivity index (χ3n) is 3.01. The molecule has 1 aromatic carbocycles. The predicted molar refractivity (Wildman–Crippen MR) is 65.7 cm³/mol. The third-order valence-corrected chi connectivity index (χ3v) is 3.01. The van der Waals surface area contributed by atoms with Crippen molar-refractivity contribution < 1.29 is 14.3 Å². The van der Waals surface area contributed by atoms with Gasteiger partial charge in [-0.3, -0.25) is 0 Å². The Kier molecular flexibility index (Phi) is 3.67. The molecule has 0 aromatic heterocycles. The van der Waals surface area contributed by atoms with Crippen LogP contribution in [0.5, 0.6) is 11.5 Å². The fourth-order valence-electron chi connectivity index (χ4n) is 2.05. The van der Waals surface area contributed by atoms with Crippen LogP contribution < -0.4 is 9.47 Å². The number of hydrogen-bond acceptors (Lipinski definition) is 3. The summed E-state index contributed by atoms with van der Waals surface area (Å²) in [7, 11) is 0. The summed E-state index contributed by atoms with van der Waals surface area (Å²) in [5.74, 6) is 2.13. The lowest BCUT2D eigenvalue weighted by atomic mass is 10.1. The largest absolute Gasteiger partial charge is 0.490 e. The summed E-state index contributed by atoms with van der Waals surface area (Å²) in [6.07, 6.45) is 2.00. The van der Waals surface area contributed by atoms with E-state index in [1.54, 1.807) is 0 Å². The van der Waals surface area contributed by atoms with Crippen LogP contribution in [0.25, 0.3) is 0 Å². The average Bonchev–Trinajstić information content (AvgIpc) is 3.11. The van der Waals surface area contributed by atoms with Gasteiger partial charge in [0.05, 0.1) is 13.2 Å². The fourth-order valence-corrected chi connectivity index (χ4v) is 2.05. The van der Waals surface area contributed by atoms with Crippen LogP contribution in [0.3, 0.4) is 0 Å². The molecule has 0 bridgehead atoms. The quantitative estimate of drug-likeness (QED) is 0.710. The first-order valence-electron chi connectivity index (χ1n) is 6.15. The van der Waals surface area contributed by atoms with Gasteiger partial charge in [-0.25, -0.2) is 0 Å². The van der Waals surface area contributed by atoms with Crippen molar-refractivity contribution >= 4 is 6.29 Å². The molecule has 3 heteroatoms. The van der Waals surface area contributed by atoms with Crippen LogP contribution in [0, 0.1) is 5.92 Å². The summed E-state index contributed by atoms with van der Waals surface area (Å²) >= 11 is 0. The maximum atomic E-state index is 10.7. The van der Waals surface area contributed by atoms with Crippen molar-refractivity contribution in [3.05, 3.63) is 23.8 Å². The molecule has 17 heavy (non-hydrogen) atoms. The molecule has 92 valence electrons. The molecule has 0 saturated heterocycles. The van der Waals surface area contributed by atoms with E-state index >= 15 is 0 Å². The van der Waals surface area contributed by atoms with Crippen molar-refractivity contribution in [1.82, 2.24) is 0 Å². The molecule has 0 spiro atoms. The van der Waals surface area contributed by atoms with Crippen LogP contribution in [0.4, 0.5) is 0 Å². The first-order valence-corrected chi connectivity index (χ1v) is 6.15. The van der Waals surface area contributed by atoms with Crippen LogP contribution >= 0.6 is 0 Å². The first-order chi connectivity index (χ1) is 8.30. The highest BCUT2D eigenvalue weighted by Crippen LogP contribution is 2.47. The number of rotatable bonds is 6. The normalized spacial score (nSPS) is 22.0. The van der Waals surface area contributed by atoms with Crippen molar-refractivity contribution in [2.24, 2.45) is 5.92 Å². The van der Waals surface area contributed by atoms with Gasteiger partial charge in [-0.05, 0) is 43.9 Å². The van der Waals surface area contributed by atoms with Gasteiger partial charge in [0.1, 0.15) is 6.29 Å². The van der Waals surface area contributed by atoms with Gasteiger partial charge in [0.2, 0.25) is 0 Å². The zero-order chi connectivity index (χ0) is 12.3. The molecule has 3 nitrogen and oxygen atoms in total. The lowest BCUT2D eigenvalue weighted by Crippen LogP contribution is -1.99. The maximum Gasteiger partial charge on any atom is 0.161 e. The zero-order valence-electron chi connectivity index (χ0n) is 10.3. The van der Waals surface area contributed by atoms with Crippen LogP contribution in [-0.2, 0) is 4.79 Å². The van der Waals surface area contributed by atoms with E-state index in [-0.39, 0.29) is 5.92 Å². The standard InChI is InChI=1S/C14H18O3/c1-3-16-13-6-5-10(8-14(13)17-4-2)12-7-11(12)9-15/h5-6,8-9,11-12H,3-4,7H2,1-2H3. The molecular weight excluding hydrogens is 216 g/mol. The van der Waals surface area contributed by atoms with E-state index in [2.05, 4.69) is 0 Å². The molecule has 0 aliphatic heterocycles.